The molecule has 174 valence electrons. The fourth-order valence-corrected chi connectivity index (χ4v) is 6.00. The van der Waals surface area contributed by atoms with Gasteiger partial charge in [0.25, 0.3) is 0 Å². The van der Waals surface area contributed by atoms with Crippen molar-refractivity contribution in [2.24, 2.45) is 5.92 Å². The molecular formula is C34H28N2. The number of nitrogens with zero attached hydrogens (tertiary/aromatic N) is 2. The Morgan fingerprint density at radius 1 is 0.500 bits per heavy atom. The van der Waals surface area contributed by atoms with Gasteiger partial charge in [0.1, 0.15) is 0 Å². The molecule has 0 bridgehead atoms. The molecule has 7 aromatic rings. The van der Waals surface area contributed by atoms with Crippen molar-refractivity contribution < 1.29 is 0 Å². The SMILES string of the molecule is CC(C)Cc1c2c3ccccc3n(-c3ccccc3)c2cc2c1c1ccccc1n2-c1ccccc1. The van der Waals surface area contributed by atoms with Crippen molar-refractivity contribution in [3.05, 3.63) is 121 Å². The van der Waals surface area contributed by atoms with Gasteiger partial charge in [-0.3, -0.25) is 0 Å². The van der Waals surface area contributed by atoms with Gasteiger partial charge in [0, 0.05) is 32.9 Å². The maximum Gasteiger partial charge on any atom is 0.0565 e. The number of fused-ring (bicyclic) bond motifs is 6. The first-order chi connectivity index (χ1) is 17.7. The molecule has 36 heavy (non-hydrogen) atoms. The van der Waals surface area contributed by atoms with Crippen LogP contribution in [0.2, 0.25) is 0 Å². The smallest absolute Gasteiger partial charge is 0.0565 e. The molecule has 0 saturated carbocycles. The van der Waals surface area contributed by atoms with Crippen LogP contribution >= 0.6 is 0 Å². The molecule has 0 fully saturated rings. The Hall–Kier alpha value is -4.30. The Balaban J connectivity index is 1.76. The summed E-state index contributed by atoms with van der Waals surface area (Å²) >= 11 is 0. The Labute approximate surface area is 211 Å². The van der Waals surface area contributed by atoms with Crippen LogP contribution in [0.1, 0.15) is 19.4 Å². The van der Waals surface area contributed by atoms with Gasteiger partial charge < -0.3 is 9.13 Å². The molecule has 0 atom stereocenters. The van der Waals surface area contributed by atoms with E-state index in [-0.39, 0.29) is 0 Å². The van der Waals surface area contributed by atoms with E-state index in [4.69, 9.17) is 0 Å². The maximum atomic E-state index is 2.45. The molecule has 0 N–H and O–H groups in total. The van der Waals surface area contributed by atoms with Crippen molar-refractivity contribution in [2.45, 2.75) is 20.3 Å². The molecular weight excluding hydrogens is 436 g/mol. The first-order valence-corrected chi connectivity index (χ1v) is 12.8. The average molecular weight is 465 g/mol. The third kappa shape index (κ3) is 3.04. The molecule has 7 rings (SSSR count). The quantitative estimate of drug-likeness (QED) is 0.246. The average Bonchev–Trinajstić information content (AvgIpc) is 3.42. The molecule has 0 aliphatic heterocycles. The first kappa shape index (κ1) is 21.0. The molecule has 0 radical (unpaired) electrons. The normalized spacial score (nSPS) is 12.0. The monoisotopic (exact) mass is 464 g/mol. The van der Waals surface area contributed by atoms with Gasteiger partial charge in [0.15, 0.2) is 0 Å². The van der Waals surface area contributed by atoms with Crippen molar-refractivity contribution in [2.75, 3.05) is 0 Å². The van der Waals surface area contributed by atoms with E-state index >= 15 is 0 Å². The molecule has 2 nitrogen and oxygen atoms in total. The summed E-state index contributed by atoms with van der Waals surface area (Å²) < 4.78 is 4.89. The summed E-state index contributed by atoms with van der Waals surface area (Å²) in [7, 11) is 0. The van der Waals surface area contributed by atoms with Crippen LogP contribution in [0.25, 0.3) is 55.0 Å². The predicted molar refractivity (Wildman–Crippen MR) is 154 cm³/mol. The summed E-state index contributed by atoms with van der Waals surface area (Å²) in [5.41, 5.74) is 8.89. The van der Waals surface area contributed by atoms with Crippen molar-refractivity contribution in [1.29, 1.82) is 0 Å². The Morgan fingerprint density at radius 3 is 1.36 bits per heavy atom. The lowest BCUT2D eigenvalue weighted by atomic mass is 9.93. The van der Waals surface area contributed by atoms with Gasteiger partial charge in [-0.2, -0.15) is 0 Å². The second-order valence-corrected chi connectivity index (χ2v) is 10.1. The minimum atomic E-state index is 0.538. The van der Waals surface area contributed by atoms with Crippen LogP contribution in [0.4, 0.5) is 0 Å². The topological polar surface area (TPSA) is 9.86 Å². The van der Waals surface area contributed by atoms with Crippen molar-refractivity contribution >= 4 is 43.6 Å². The second-order valence-electron chi connectivity index (χ2n) is 10.1. The highest BCUT2D eigenvalue weighted by atomic mass is 15.0. The third-order valence-electron chi connectivity index (χ3n) is 7.34. The molecule has 2 aromatic heterocycles. The van der Waals surface area contributed by atoms with E-state index in [0.29, 0.717) is 5.92 Å². The van der Waals surface area contributed by atoms with E-state index in [1.54, 1.807) is 0 Å². The summed E-state index contributed by atoms with van der Waals surface area (Å²) in [5, 5.41) is 5.41. The van der Waals surface area contributed by atoms with Gasteiger partial charge in [-0.1, -0.05) is 86.6 Å². The van der Waals surface area contributed by atoms with Gasteiger partial charge in [-0.15, -0.1) is 0 Å². The first-order valence-electron chi connectivity index (χ1n) is 12.8. The highest BCUT2D eigenvalue weighted by Gasteiger charge is 2.23. The Kier molecular flexibility index (Phi) is 4.75. The van der Waals surface area contributed by atoms with E-state index in [1.807, 2.05) is 0 Å². The summed E-state index contributed by atoms with van der Waals surface area (Å²) in [6.07, 6.45) is 1.03. The van der Waals surface area contributed by atoms with Crippen molar-refractivity contribution in [1.82, 2.24) is 9.13 Å². The van der Waals surface area contributed by atoms with Crippen LogP contribution in [0.15, 0.2) is 115 Å². The molecule has 2 heterocycles. The van der Waals surface area contributed by atoms with Crippen molar-refractivity contribution in [3.8, 4) is 11.4 Å². The Morgan fingerprint density at radius 2 is 0.917 bits per heavy atom. The van der Waals surface area contributed by atoms with Gasteiger partial charge in [0.2, 0.25) is 0 Å². The minimum absolute atomic E-state index is 0.538. The van der Waals surface area contributed by atoms with E-state index < -0.39 is 0 Å². The molecule has 0 aliphatic carbocycles. The van der Waals surface area contributed by atoms with Crippen molar-refractivity contribution in [3.63, 3.8) is 0 Å². The predicted octanol–water partition coefficient (Wildman–Crippen LogP) is 9.08. The highest BCUT2D eigenvalue weighted by Crippen LogP contribution is 2.43. The number of hydrogen-bond donors (Lipinski definition) is 0. The van der Waals surface area contributed by atoms with Crippen LogP contribution in [-0.4, -0.2) is 9.13 Å². The lowest BCUT2D eigenvalue weighted by Gasteiger charge is -2.13. The lowest BCUT2D eigenvalue weighted by Crippen LogP contribution is -1.99. The van der Waals surface area contributed by atoms with Gasteiger partial charge in [-0.05, 0) is 60.4 Å². The summed E-state index contributed by atoms with van der Waals surface area (Å²) in [6.45, 7) is 4.66. The molecule has 2 heteroatoms. The van der Waals surface area contributed by atoms with E-state index in [1.165, 1.54) is 60.5 Å². The molecule has 0 aliphatic rings. The number of rotatable bonds is 4. The zero-order valence-corrected chi connectivity index (χ0v) is 20.6. The van der Waals surface area contributed by atoms with Gasteiger partial charge >= 0.3 is 0 Å². The number of benzene rings is 5. The molecule has 0 saturated heterocycles. The second kappa shape index (κ2) is 8.13. The van der Waals surface area contributed by atoms with Crippen LogP contribution < -0.4 is 0 Å². The molecule has 0 spiro atoms. The van der Waals surface area contributed by atoms with Crippen LogP contribution in [0.3, 0.4) is 0 Å². The lowest BCUT2D eigenvalue weighted by molar-refractivity contribution is 0.653. The van der Waals surface area contributed by atoms with Gasteiger partial charge in [-0.25, -0.2) is 0 Å². The number of aromatic nitrogens is 2. The fourth-order valence-electron chi connectivity index (χ4n) is 6.00. The zero-order chi connectivity index (χ0) is 24.2. The molecule has 5 aromatic carbocycles. The highest BCUT2D eigenvalue weighted by molar-refractivity contribution is 6.21. The molecule has 0 unspecified atom stereocenters. The minimum Gasteiger partial charge on any atom is -0.309 e. The standard InChI is InChI=1S/C34H28N2/c1-23(2)21-28-33-26-17-9-11-19-29(26)35(24-13-5-3-6-14-24)31(33)22-32-34(28)27-18-10-12-20-30(27)36(32)25-15-7-4-8-16-25/h3-20,22-23H,21H2,1-2H3. The fraction of sp³-hybridized carbons (Fsp3) is 0.118. The maximum absolute atomic E-state index is 2.45. The summed E-state index contributed by atoms with van der Waals surface area (Å²) in [6, 6.07) is 41.7. The largest absolute Gasteiger partial charge is 0.309 e. The summed E-state index contributed by atoms with van der Waals surface area (Å²) in [5.74, 6) is 0.538. The van der Waals surface area contributed by atoms with E-state index in [0.717, 1.165) is 6.42 Å². The Bertz CT molecular complexity index is 1740. The van der Waals surface area contributed by atoms with Crippen LogP contribution in [-0.2, 0) is 6.42 Å². The van der Waals surface area contributed by atoms with E-state index in [2.05, 4.69) is 138 Å². The third-order valence-corrected chi connectivity index (χ3v) is 7.34. The molecule has 0 amide bonds. The van der Waals surface area contributed by atoms with Crippen LogP contribution in [0.5, 0.6) is 0 Å². The zero-order valence-electron chi connectivity index (χ0n) is 20.6. The van der Waals surface area contributed by atoms with Crippen LogP contribution in [0, 0.1) is 5.92 Å². The number of para-hydroxylation sites is 4. The van der Waals surface area contributed by atoms with Gasteiger partial charge in [0.05, 0.1) is 22.1 Å². The number of hydrogen-bond acceptors (Lipinski definition) is 0. The summed E-state index contributed by atoms with van der Waals surface area (Å²) in [4.78, 5) is 0. The van der Waals surface area contributed by atoms with E-state index in [9.17, 15) is 0 Å².